The van der Waals surface area contributed by atoms with Crippen LogP contribution in [0.3, 0.4) is 0 Å². The molecule has 0 aliphatic heterocycles. The van der Waals surface area contributed by atoms with Gasteiger partial charge in [-0.05, 0) is 58.4 Å². The number of carboxylic acids is 2. The number of amides is 6. The van der Waals surface area contributed by atoms with Crippen LogP contribution in [0.15, 0.2) is 0 Å². The number of carbonyl (C=O) groups is 8. The molecule has 0 aromatic carbocycles. The minimum absolute atomic E-state index is 0.0321. The first kappa shape index (κ1) is 51.5. The zero-order valence-corrected chi connectivity index (χ0v) is 32.5. The number of aliphatic hydroxyl groups is 1. The molecule has 0 heterocycles. The van der Waals surface area contributed by atoms with Crippen LogP contribution >= 0.6 is 12.6 Å². The zero-order chi connectivity index (χ0) is 43.7. The number of nitrogens with one attached hydrogen (secondary N) is 10. The van der Waals surface area contributed by atoms with Crippen molar-refractivity contribution in [3.05, 3.63) is 0 Å². The van der Waals surface area contributed by atoms with Crippen LogP contribution in [0.4, 0.5) is 0 Å². The van der Waals surface area contributed by atoms with Gasteiger partial charge < -0.3 is 80.8 Å². The summed E-state index contributed by atoms with van der Waals surface area (Å²) in [5, 5.41) is 62.8. The highest BCUT2D eigenvalue weighted by atomic mass is 32.1. The number of unbranched alkanes of at least 4 members (excludes halogenated alkanes) is 1. The molecule has 0 radical (unpaired) electrons. The van der Waals surface area contributed by atoms with Crippen LogP contribution in [0.1, 0.15) is 58.3 Å². The highest BCUT2D eigenvalue weighted by Crippen LogP contribution is 2.08. The minimum atomic E-state index is -1.72. The predicted octanol–water partition coefficient (Wildman–Crippen LogP) is -6.62. The fourth-order valence-electron chi connectivity index (χ4n) is 4.82. The predicted molar refractivity (Wildman–Crippen MR) is 207 cm³/mol. The Morgan fingerprint density at radius 1 is 0.649 bits per heavy atom. The van der Waals surface area contributed by atoms with Gasteiger partial charge in [0.2, 0.25) is 35.4 Å². The van der Waals surface area contributed by atoms with Gasteiger partial charge in [-0.2, -0.15) is 12.6 Å². The molecule has 26 heteroatoms. The summed E-state index contributed by atoms with van der Waals surface area (Å²) in [6, 6.07) is -8.84. The second kappa shape index (κ2) is 28.0. The third-order valence-electron chi connectivity index (χ3n) is 7.85. The molecule has 0 bridgehead atoms. The molecule has 0 rings (SSSR count). The highest BCUT2D eigenvalue weighted by Gasteiger charge is 2.34. The number of thiol groups is 1. The lowest BCUT2D eigenvalue weighted by Gasteiger charge is -2.28. The maximum Gasteiger partial charge on any atom is 0.326 e. The Morgan fingerprint density at radius 2 is 1.12 bits per heavy atom. The van der Waals surface area contributed by atoms with E-state index in [1.54, 1.807) is 0 Å². The van der Waals surface area contributed by atoms with Crippen molar-refractivity contribution in [2.75, 3.05) is 31.9 Å². The van der Waals surface area contributed by atoms with Crippen molar-refractivity contribution >= 4 is 71.9 Å². The van der Waals surface area contributed by atoms with E-state index in [-0.39, 0.29) is 75.8 Å². The van der Waals surface area contributed by atoms with Gasteiger partial charge in [0, 0.05) is 18.8 Å². The van der Waals surface area contributed by atoms with Gasteiger partial charge in [0.25, 0.3) is 0 Å². The second-order valence-electron chi connectivity index (χ2n) is 12.7. The molecule has 0 saturated carbocycles. The molecule has 21 N–H and O–H groups in total. The largest absolute Gasteiger partial charge is 0.481 e. The second-order valence-corrected chi connectivity index (χ2v) is 13.1. The minimum Gasteiger partial charge on any atom is -0.481 e. The van der Waals surface area contributed by atoms with Crippen molar-refractivity contribution in [2.24, 2.45) is 22.9 Å². The molecule has 0 aromatic rings. The van der Waals surface area contributed by atoms with Crippen molar-refractivity contribution in [1.82, 2.24) is 42.5 Å². The van der Waals surface area contributed by atoms with Crippen LogP contribution in [0, 0.1) is 10.8 Å². The zero-order valence-electron chi connectivity index (χ0n) is 31.6. The van der Waals surface area contributed by atoms with Crippen LogP contribution in [0.25, 0.3) is 0 Å². The number of rotatable bonds is 29. The topological polar surface area (TPSA) is 445 Å². The fraction of sp³-hybridized carbons (Fsp3) is 0.677. The Kier molecular flexibility index (Phi) is 25.3. The van der Waals surface area contributed by atoms with Gasteiger partial charge in [-0.15, -0.1) is 0 Å². The van der Waals surface area contributed by atoms with Gasteiger partial charge in [-0.25, -0.2) is 4.79 Å². The van der Waals surface area contributed by atoms with Gasteiger partial charge in [-0.1, -0.05) is 0 Å². The van der Waals surface area contributed by atoms with Crippen molar-refractivity contribution in [3.63, 3.8) is 0 Å². The summed E-state index contributed by atoms with van der Waals surface area (Å²) in [7, 11) is 0. The highest BCUT2D eigenvalue weighted by molar-refractivity contribution is 7.80. The monoisotopic (exact) mass is 834 g/mol. The maximum atomic E-state index is 13.7. The Hall–Kier alpha value is -5.47. The normalized spacial score (nSPS) is 14.4. The number of guanidine groups is 2. The molecule has 324 valence electrons. The molecule has 0 spiro atoms. The third kappa shape index (κ3) is 22.6. The van der Waals surface area contributed by atoms with Crippen molar-refractivity contribution in [1.29, 1.82) is 10.8 Å². The molecule has 6 amide bonds. The van der Waals surface area contributed by atoms with E-state index in [0.717, 1.165) is 6.92 Å². The first-order chi connectivity index (χ1) is 26.7. The van der Waals surface area contributed by atoms with Crippen LogP contribution in [0.2, 0.25) is 0 Å². The van der Waals surface area contributed by atoms with Crippen LogP contribution < -0.4 is 65.5 Å². The molecule has 0 aromatic heterocycles. The van der Waals surface area contributed by atoms with E-state index in [9.17, 15) is 53.7 Å². The quantitative estimate of drug-likeness (QED) is 0.0144. The lowest BCUT2D eigenvalue weighted by Crippen LogP contribution is -2.61. The van der Waals surface area contributed by atoms with Crippen molar-refractivity contribution in [2.45, 2.75) is 101 Å². The Balaban J connectivity index is 6.23. The number of carboxylic acid groups (broad SMARTS) is 2. The molecule has 0 saturated heterocycles. The summed E-state index contributed by atoms with van der Waals surface area (Å²) in [6.07, 6.45) is -1.91. The van der Waals surface area contributed by atoms with E-state index in [2.05, 4.69) is 55.2 Å². The summed E-state index contributed by atoms with van der Waals surface area (Å²) < 4.78 is 0. The van der Waals surface area contributed by atoms with Gasteiger partial charge >= 0.3 is 11.9 Å². The van der Waals surface area contributed by atoms with Crippen LogP contribution in [0.5, 0.6) is 0 Å². The number of carbonyl (C=O) groups excluding carboxylic acids is 6. The molecule has 7 atom stereocenters. The molecule has 25 nitrogen and oxygen atoms in total. The molecule has 0 aliphatic carbocycles. The first-order valence-corrected chi connectivity index (χ1v) is 18.5. The fourth-order valence-corrected chi connectivity index (χ4v) is 4.99. The number of aliphatic hydroxyl groups excluding tert-OH is 1. The Morgan fingerprint density at radius 3 is 1.58 bits per heavy atom. The van der Waals surface area contributed by atoms with E-state index < -0.39 is 103 Å². The van der Waals surface area contributed by atoms with Crippen molar-refractivity contribution in [3.8, 4) is 0 Å². The lowest BCUT2D eigenvalue weighted by molar-refractivity contribution is -0.143. The Bertz CT molecular complexity index is 1410. The van der Waals surface area contributed by atoms with E-state index in [4.69, 9.17) is 33.8 Å². The summed E-state index contributed by atoms with van der Waals surface area (Å²) in [6.45, 7) is 0.877. The molecule has 57 heavy (non-hydrogen) atoms. The van der Waals surface area contributed by atoms with Gasteiger partial charge in [0.1, 0.15) is 30.2 Å². The molecule has 0 aliphatic rings. The number of aliphatic carboxylic acids is 2. The van der Waals surface area contributed by atoms with E-state index >= 15 is 0 Å². The SMILES string of the molecule is CC(O)C(NC(=O)[C@H](CCCNC(=N)N)NC(=O)[C@H](CCCCN)NC(=O)[C@H](CC(=O)O)NC(=O)CNC(=O)[C@H](N)CS)C(=O)N[C@@H](CCCNC(=N)N)C(=O)O. The van der Waals surface area contributed by atoms with Gasteiger partial charge in [0.05, 0.1) is 25.1 Å². The summed E-state index contributed by atoms with van der Waals surface area (Å²) in [5.74, 6) is -9.47. The molecular weight excluding hydrogens is 776 g/mol. The summed E-state index contributed by atoms with van der Waals surface area (Å²) in [5.41, 5.74) is 21.7. The smallest absolute Gasteiger partial charge is 0.326 e. The lowest BCUT2D eigenvalue weighted by atomic mass is 10.0. The van der Waals surface area contributed by atoms with Crippen molar-refractivity contribution < 1.29 is 53.7 Å². The standard InChI is InChI=1S/C31H58N14O11S/c1-15(46)23(28(54)44-19(29(55)56)8-5-11-39-31(36)37)45-26(52)18(7-4-10-38-30(34)35)42-25(51)17(6-2-3-9-32)43-27(53)20(12-22(48)49)41-21(47)13-40-24(50)16(33)14-57/h15-20,23,46,57H,2-14,32-33H2,1H3,(H,40,50)(H,41,47)(H,42,51)(H,43,53)(H,44,54)(H,45,52)(H,48,49)(H,55,56)(H4,34,35,38)(H4,36,37,39)/t15?,16-,17+,18+,19+,20+,23?/m1/s1. The average Bonchev–Trinajstić information content (AvgIpc) is 3.13. The average molecular weight is 835 g/mol. The molecule has 0 fully saturated rings. The van der Waals surface area contributed by atoms with E-state index in [1.165, 1.54) is 0 Å². The van der Waals surface area contributed by atoms with E-state index in [1.807, 2.05) is 0 Å². The number of nitrogens with two attached hydrogens (primary N) is 4. The van der Waals surface area contributed by atoms with E-state index in [0.29, 0.717) is 6.42 Å². The molecule has 2 unspecified atom stereocenters. The summed E-state index contributed by atoms with van der Waals surface area (Å²) in [4.78, 5) is 102. The van der Waals surface area contributed by atoms with Gasteiger partial charge in [0.15, 0.2) is 11.9 Å². The Labute approximate surface area is 334 Å². The van der Waals surface area contributed by atoms with Crippen LogP contribution in [-0.2, 0) is 38.4 Å². The first-order valence-electron chi connectivity index (χ1n) is 17.9. The maximum absolute atomic E-state index is 13.7. The summed E-state index contributed by atoms with van der Waals surface area (Å²) >= 11 is 3.89. The van der Waals surface area contributed by atoms with Crippen LogP contribution in [-0.4, -0.2) is 149 Å². The molecular formula is C31H58N14O11S. The number of hydrogen-bond donors (Lipinski definition) is 18. The van der Waals surface area contributed by atoms with Gasteiger partial charge in [-0.3, -0.25) is 44.4 Å². The number of hydrogen-bond acceptors (Lipinski definition) is 14. The third-order valence-corrected chi connectivity index (χ3v) is 8.24.